The number of hydrogen-bond donors (Lipinski definition) is 1. The number of hydrogen-bond acceptors (Lipinski definition) is 6. The number of ether oxygens (including phenoxy) is 1. The summed E-state index contributed by atoms with van der Waals surface area (Å²) in [5, 5.41) is 3.15. The van der Waals surface area contributed by atoms with Gasteiger partial charge in [0, 0.05) is 50.7 Å². The number of benzene rings is 2. The molecule has 1 atom stereocenters. The van der Waals surface area contributed by atoms with Crippen molar-refractivity contribution in [3.05, 3.63) is 83.3 Å². The van der Waals surface area contributed by atoms with Crippen molar-refractivity contribution in [2.45, 2.75) is 32.0 Å². The summed E-state index contributed by atoms with van der Waals surface area (Å²) in [5.41, 5.74) is 3.17. The van der Waals surface area contributed by atoms with Crippen molar-refractivity contribution in [1.82, 2.24) is 19.8 Å². The number of nitrogens with one attached hydrogen (secondary N) is 1. The number of methoxy groups -OCH3 is 1. The zero-order chi connectivity index (χ0) is 23.2. The highest BCUT2D eigenvalue weighted by Gasteiger charge is 2.32. The van der Waals surface area contributed by atoms with Crippen LogP contribution in [0, 0.1) is 0 Å². The number of aromatic nitrogens is 2. The molecule has 0 aliphatic carbocycles. The minimum atomic E-state index is 0.0644. The Labute approximate surface area is 195 Å². The van der Waals surface area contributed by atoms with E-state index in [0.29, 0.717) is 26.1 Å². The van der Waals surface area contributed by atoms with E-state index >= 15 is 0 Å². The molecule has 1 fully saturated rings. The fourth-order valence-electron chi connectivity index (χ4n) is 4.27. The third-order valence-corrected chi connectivity index (χ3v) is 5.94. The van der Waals surface area contributed by atoms with Crippen LogP contribution in [0.3, 0.4) is 0 Å². The van der Waals surface area contributed by atoms with Crippen LogP contribution in [-0.2, 0) is 24.4 Å². The lowest BCUT2D eigenvalue weighted by Gasteiger charge is -2.19. The lowest BCUT2D eigenvalue weighted by Crippen LogP contribution is -2.24. The summed E-state index contributed by atoms with van der Waals surface area (Å²) in [4.78, 5) is 26.3. The number of nitrogens with zero attached hydrogens (tertiary/aromatic N) is 4. The minimum absolute atomic E-state index is 0.0644. The molecule has 1 amide bonds. The number of likely N-dealkylation sites (tertiary alicyclic amines) is 1. The Morgan fingerprint density at radius 2 is 1.85 bits per heavy atom. The maximum Gasteiger partial charge on any atom is 0.223 e. The van der Waals surface area contributed by atoms with Crippen molar-refractivity contribution in [2.75, 3.05) is 33.1 Å². The van der Waals surface area contributed by atoms with Crippen molar-refractivity contribution >= 4 is 11.7 Å². The summed E-state index contributed by atoms with van der Waals surface area (Å²) in [6.07, 6.45) is 0.476. The van der Waals surface area contributed by atoms with E-state index in [2.05, 4.69) is 33.4 Å². The first-order chi connectivity index (χ1) is 16.1. The Morgan fingerprint density at radius 1 is 1.09 bits per heavy atom. The van der Waals surface area contributed by atoms with Gasteiger partial charge in [0.25, 0.3) is 0 Å². The van der Waals surface area contributed by atoms with Gasteiger partial charge in [-0.05, 0) is 18.7 Å². The second-order valence-electron chi connectivity index (χ2n) is 8.49. The van der Waals surface area contributed by atoms with Gasteiger partial charge in [0.05, 0.1) is 19.3 Å². The molecule has 1 saturated heterocycles. The molecule has 1 aliphatic rings. The van der Waals surface area contributed by atoms with E-state index < -0.39 is 0 Å². The molecule has 3 aromatic rings. The molecule has 0 saturated carbocycles. The van der Waals surface area contributed by atoms with Gasteiger partial charge in [0.15, 0.2) is 0 Å². The van der Waals surface area contributed by atoms with Crippen LogP contribution in [0.5, 0.6) is 5.75 Å². The van der Waals surface area contributed by atoms with Crippen molar-refractivity contribution in [1.29, 1.82) is 0 Å². The second kappa shape index (κ2) is 10.4. The van der Waals surface area contributed by atoms with E-state index in [4.69, 9.17) is 9.72 Å². The monoisotopic (exact) mass is 445 g/mol. The minimum Gasteiger partial charge on any atom is -0.496 e. The first kappa shape index (κ1) is 22.7. The lowest BCUT2D eigenvalue weighted by molar-refractivity contribution is -0.128. The average molecular weight is 446 g/mol. The molecule has 4 rings (SSSR count). The number of rotatable bonds is 9. The van der Waals surface area contributed by atoms with Gasteiger partial charge in [-0.2, -0.15) is 0 Å². The zero-order valence-electron chi connectivity index (χ0n) is 19.5. The van der Waals surface area contributed by atoms with Crippen LogP contribution in [0.2, 0.25) is 0 Å². The van der Waals surface area contributed by atoms with Gasteiger partial charge in [0.1, 0.15) is 17.4 Å². The van der Waals surface area contributed by atoms with Crippen LogP contribution >= 0.6 is 0 Å². The standard InChI is InChI=1S/C26H31N5O2/c1-27-24-14-22(21-13-26(32)31(17-21)15-19-9-5-4-6-10-19)28-25(29-24)18-30(2)16-20-11-7-8-12-23(20)33-3/h4-12,14,21H,13,15-18H2,1-3H3,(H,27,28,29)/t21-/m1/s1. The van der Waals surface area contributed by atoms with Crippen LogP contribution in [0.15, 0.2) is 60.7 Å². The normalized spacial score (nSPS) is 15.8. The Morgan fingerprint density at radius 3 is 2.61 bits per heavy atom. The molecule has 7 heteroatoms. The summed E-state index contributed by atoms with van der Waals surface area (Å²) >= 11 is 0. The van der Waals surface area contributed by atoms with Gasteiger partial charge >= 0.3 is 0 Å². The van der Waals surface area contributed by atoms with Gasteiger partial charge in [-0.25, -0.2) is 9.97 Å². The van der Waals surface area contributed by atoms with E-state index in [-0.39, 0.29) is 11.8 Å². The Bertz CT molecular complexity index is 1090. The summed E-state index contributed by atoms with van der Waals surface area (Å²) in [7, 11) is 5.59. The van der Waals surface area contributed by atoms with E-state index in [1.165, 1.54) is 0 Å². The van der Waals surface area contributed by atoms with Crippen molar-refractivity contribution in [3.63, 3.8) is 0 Å². The fraction of sp³-hybridized carbons (Fsp3) is 0.346. The van der Waals surface area contributed by atoms with Gasteiger partial charge in [-0.3, -0.25) is 9.69 Å². The fourth-order valence-corrected chi connectivity index (χ4v) is 4.27. The van der Waals surface area contributed by atoms with E-state index in [9.17, 15) is 4.79 Å². The molecule has 2 aromatic carbocycles. The average Bonchev–Trinajstić information content (AvgIpc) is 3.20. The summed E-state index contributed by atoms with van der Waals surface area (Å²) in [5.74, 6) is 2.62. The van der Waals surface area contributed by atoms with Crippen molar-refractivity contribution < 1.29 is 9.53 Å². The third kappa shape index (κ3) is 5.68. The van der Waals surface area contributed by atoms with Gasteiger partial charge in [-0.15, -0.1) is 0 Å². The number of para-hydroxylation sites is 1. The molecule has 33 heavy (non-hydrogen) atoms. The molecule has 0 spiro atoms. The van der Waals surface area contributed by atoms with Crippen LogP contribution < -0.4 is 10.1 Å². The molecule has 1 aromatic heterocycles. The van der Waals surface area contributed by atoms with Crippen LogP contribution in [0.4, 0.5) is 5.82 Å². The highest BCUT2D eigenvalue weighted by molar-refractivity contribution is 5.79. The highest BCUT2D eigenvalue weighted by Crippen LogP contribution is 2.29. The molecular weight excluding hydrogens is 414 g/mol. The molecular formula is C26H31N5O2. The van der Waals surface area contributed by atoms with Crippen LogP contribution in [0.1, 0.15) is 35.0 Å². The molecule has 172 valence electrons. The van der Waals surface area contributed by atoms with E-state index in [1.807, 2.05) is 61.5 Å². The quantitative estimate of drug-likeness (QED) is 0.542. The number of anilines is 1. The predicted octanol–water partition coefficient (Wildman–Crippen LogP) is 3.68. The lowest BCUT2D eigenvalue weighted by atomic mass is 10.0. The van der Waals surface area contributed by atoms with Gasteiger partial charge in [-0.1, -0.05) is 48.5 Å². The Kier molecular flexibility index (Phi) is 7.19. The zero-order valence-corrected chi connectivity index (χ0v) is 19.5. The number of carbonyl (C=O) groups excluding carboxylic acids is 1. The number of carbonyl (C=O) groups is 1. The summed E-state index contributed by atoms with van der Waals surface area (Å²) < 4.78 is 5.48. The molecule has 0 unspecified atom stereocenters. The van der Waals surface area contributed by atoms with Gasteiger partial charge < -0.3 is 15.0 Å². The van der Waals surface area contributed by atoms with E-state index in [1.54, 1.807) is 7.11 Å². The van der Waals surface area contributed by atoms with Crippen LogP contribution in [-0.4, -0.2) is 53.4 Å². The topological polar surface area (TPSA) is 70.6 Å². The summed E-state index contributed by atoms with van der Waals surface area (Å²) in [6, 6.07) is 20.1. The van der Waals surface area contributed by atoms with E-state index in [0.717, 1.165) is 40.8 Å². The predicted molar refractivity (Wildman–Crippen MR) is 129 cm³/mol. The maximum absolute atomic E-state index is 12.7. The molecule has 7 nitrogen and oxygen atoms in total. The SMILES string of the molecule is CNc1cc([C@@H]2CC(=O)N(Cc3ccccc3)C2)nc(CN(C)Cc2ccccc2OC)n1. The van der Waals surface area contributed by atoms with Gasteiger partial charge in [0.2, 0.25) is 5.91 Å². The maximum atomic E-state index is 12.7. The molecule has 1 N–H and O–H groups in total. The molecule has 0 bridgehead atoms. The third-order valence-electron chi connectivity index (χ3n) is 5.94. The van der Waals surface area contributed by atoms with Crippen LogP contribution in [0.25, 0.3) is 0 Å². The largest absolute Gasteiger partial charge is 0.496 e. The Balaban J connectivity index is 1.47. The van der Waals surface area contributed by atoms with Crippen molar-refractivity contribution in [2.24, 2.45) is 0 Å². The highest BCUT2D eigenvalue weighted by atomic mass is 16.5. The number of amides is 1. The first-order valence-corrected chi connectivity index (χ1v) is 11.2. The molecule has 1 aliphatic heterocycles. The second-order valence-corrected chi connectivity index (χ2v) is 8.49. The first-order valence-electron chi connectivity index (χ1n) is 11.2. The summed E-state index contributed by atoms with van der Waals surface area (Å²) in [6.45, 7) is 2.62. The smallest absolute Gasteiger partial charge is 0.223 e. The molecule has 2 heterocycles. The Hall–Kier alpha value is -3.45. The van der Waals surface area contributed by atoms with Crippen molar-refractivity contribution in [3.8, 4) is 5.75 Å². The molecule has 0 radical (unpaired) electrons.